The van der Waals surface area contributed by atoms with Gasteiger partial charge in [-0.3, -0.25) is 0 Å². The third kappa shape index (κ3) is 2.71. The zero-order valence-electron chi connectivity index (χ0n) is 7.10. The minimum atomic E-state index is -3.69. The predicted octanol–water partition coefficient (Wildman–Crippen LogP) is -0.175. The largest absolute Gasteiger partial charge is 0.351 e. The minimum Gasteiger partial charge on any atom is -0.351 e. The molecule has 0 saturated carbocycles. The summed E-state index contributed by atoms with van der Waals surface area (Å²) >= 11 is 0. The fraction of sp³-hybridized carbons (Fsp3) is 0. The summed E-state index contributed by atoms with van der Waals surface area (Å²) in [6.07, 6.45) is 0. The van der Waals surface area contributed by atoms with Crippen LogP contribution in [0.15, 0.2) is 29.2 Å². The van der Waals surface area contributed by atoms with Crippen LogP contribution >= 0.6 is 0 Å². The Bertz CT molecular complexity index is 438. The zero-order valence-corrected chi connectivity index (χ0v) is 7.91. The molecule has 0 aromatic heterocycles. The van der Waals surface area contributed by atoms with Crippen LogP contribution in [0.3, 0.4) is 0 Å². The van der Waals surface area contributed by atoms with E-state index in [1.165, 1.54) is 24.3 Å². The highest BCUT2D eigenvalue weighted by Gasteiger charge is 2.06. The number of rotatable bonds is 2. The summed E-state index contributed by atoms with van der Waals surface area (Å²) in [6.45, 7) is 0. The molecule has 1 rings (SSSR count). The Morgan fingerprint density at radius 1 is 1.21 bits per heavy atom. The van der Waals surface area contributed by atoms with Crippen LogP contribution in [0.2, 0.25) is 0 Å². The minimum absolute atomic E-state index is 0.0208. The van der Waals surface area contributed by atoms with Gasteiger partial charge in [0.15, 0.2) is 0 Å². The first-order chi connectivity index (χ1) is 6.39. The smallest absolute Gasteiger partial charge is 0.316 e. The Morgan fingerprint density at radius 2 is 1.71 bits per heavy atom. The molecule has 0 spiro atoms. The van der Waals surface area contributed by atoms with Crippen molar-refractivity contribution in [1.82, 2.24) is 0 Å². The molecule has 0 heterocycles. The molecular weight excluding hydrogens is 206 g/mol. The molecule has 0 aliphatic carbocycles. The van der Waals surface area contributed by atoms with Gasteiger partial charge >= 0.3 is 6.03 Å². The topological polar surface area (TPSA) is 115 Å². The molecular formula is C7H9N3O3S. The van der Waals surface area contributed by atoms with Gasteiger partial charge in [-0.05, 0) is 24.3 Å². The molecule has 0 saturated heterocycles. The SMILES string of the molecule is NC(=O)Nc1ccc(S(N)(=O)=O)cc1. The van der Waals surface area contributed by atoms with Crippen molar-refractivity contribution < 1.29 is 13.2 Å². The summed E-state index contributed by atoms with van der Waals surface area (Å²) < 4.78 is 21.7. The van der Waals surface area contributed by atoms with E-state index < -0.39 is 16.1 Å². The molecule has 0 atom stereocenters. The Labute approximate surface area is 80.9 Å². The Hall–Kier alpha value is -1.60. The van der Waals surface area contributed by atoms with E-state index in [1.54, 1.807) is 0 Å². The maximum absolute atomic E-state index is 10.8. The average molecular weight is 215 g/mol. The summed E-state index contributed by atoms with van der Waals surface area (Å²) in [6, 6.07) is 4.63. The fourth-order valence-electron chi connectivity index (χ4n) is 0.870. The number of anilines is 1. The normalized spacial score (nSPS) is 10.9. The van der Waals surface area contributed by atoms with Gasteiger partial charge < -0.3 is 11.1 Å². The lowest BCUT2D eigenvalue weighted by molar-refractivity contribution is 0.259. The number of benzene rings is 1. The van der Waals surface area contributed by atoms with E-state index in [1.807, 2.05) is 0 Å². The zero-order chi connectivity index (χ0) is 10.8. The number of hydrogen-bond acceptors (Lipinski definition) is 3. The average Bonchev–Trinajstić information content (AvgIpc) is 2.02. The van der Waals surface area contributed by atoms with Gasteiger partial charge in [0.2, 0.25) is 10.0 Å². The van der Waals surface area contributed by atoms with E-state index in [4.69, 9.17) is 10.9 Å². The summed E-state index contributed by atoms with van der Waals surface area (Å²) in [5.74, 6) is 0. The Balaban J connectivity index is 2.95. The molecule has 5 N–H and O–H groups in total. The Morgan fingerprint density at radius 3 is 2.07 bits per heavy atom. The number of primary sulfonamides is 1. The molecule has 6 nitrogen and oxygen atoms in total. The van der Waals surface area contributed by atoms with Crippen LogP contribution < -0.4 is 16.2 Å². The molecule has 1 aromatic carbocycles. The number of carbonyl (C=O) groups is 1. The molecule has 1 aromatic rings. The number of urea groups is 1. The number of hydrogen-bond donors (Lipinski definition) is 3. The van der Waals surface area contributed by atoms with E-state index in [-0.39, 0.29) is 4.90 Å². The van der Waals surface area contributed by atoms with Crippen LogP contribution in [-0.2, 0) is 10.0 Å². The molecule has 0 radical (unpaired) electrons. The second-order valence-electron chi connectivity index (χ2n) is 2.56. The highest BCUT2D eigenvalue weighted by molar-refractivity contribution is 7.89. The maximum atomic E-state index is 10.8. The summed E-state index contributed by atoms with van der Waals surface area (Å²) in [5.41, 5.74) is 5.26. The maximum Gasteiger partial charge on any atom is 0.316 e. The summed E-state index contributed by atoms with van der Waals surface area (Å²) in [4.78, 5) is 10.4. The number of sulfonamides is 1. The molecule has 2 amide bonds. The van der Waals surface area contributed by atoms with E-state index in [0.29, 0.717) is 5.69 Å². The first-order valence-corrected chi connectivity index (χ1v) is 5.13. The second kappa shape index (κ2) is 3.64. The van der Waals surface area contributed by atoms with Crippen molar-refractivity contribution in [1.29, 1.82) is 0 Å². The molecule has 0 unspecified atom stereocenters. The fourth-order valence-corrected chi connectivity index (χ4v) is 1.39. The molecule has 0 bridgehead atoms. The van der Waals surface area contributed by atoms with Crippen molar-refractivity contribution in [2.24, 2.45) is 10.9 Å². The second-order valence-corrected chi connectivity index (χ2v) is 4.12. The van der Waals surface area contributed by atoms with E-state index in [9.17, 15) is 13.2 Å². The third-order valence-corrected chi connectivity index (χ3v) is 2.38. The van der Waals surface area contributed by atoms with Gasteiger partial charge in [-0.15, -0.1) is 0 Å². The van der Waals surface area contributed by atoms with Crippen molar-refractivity contribution in [3.8, 4) is 0 Å². The van der Waals surface area contributed by atoms with Gasteiger partial charge in [-0.25, -0.2) is 18.4 Å². The molecule has 14 heavy (non-hydrogen) atoms. The predicted molar refractivity (Wildman–Crippen MR) is 51.0 cm³/mol. The molecule has 0 aliphatic rings. The van der Waals surface area contributed by atoms with Crippen LogP contribution in [0.1, 0.15) is 0 Å². The van der Waals surface area contributed by atoms with Crippen molar-refractivity contribution in [3.05, 3.63) is 24.3 Å². The van der Waals surface area contributed by atoms with Gasteiger partial charge in [0, 0.05) is 5.69 Å². The van der Waals surface area contributed by atoms with Crippen molar-refractivity contribution in [2.45, 2.75) is 4.90 Å². The lowest BCUT2D eigenvalue weighted by atomic mass is 10.3. The van der Waals surface area contributed by atoms with Crippen molar-refractivity contribution in [3.63, 3.8) is 0 Å². The van der Waals surface area contributed by atoms with Gasteiger partial charge in [-0.2, -0.15) is 0 Å². The standard InChI is InChI=1S/C7H9N3O3S/c8-7(11)10-5-1-3-6(4-2-5)14(9,12)13/h1-4H,(H3,8,10,11)(H2,9,12,13). The van der Waals surface area contributed by atoms with Crippen LogP contribution in [0.5, 0.6) is 0 Å². The quantitative estimate of drug-likeness (QED) is 0.635. The van der Waals surface area contributed by atoms with Crippen LogP contribution in [-0.4, -0.2) is 14.4 Å². The van der Waals surface area contributed by atoms with Crippen LogP contribution in [0.25, 0.3) is 0 Å². The number of carbonyl (C=O) groups excluding carboxylic acids is 1. The Kier molecular flexibility index (Phi) is 2.73. The third-order valence-electron chi connectivity index (χ3n) is 1.45. The molecule has 76 valence electrons. The van der Waals surface area contributed by atoms with E-state index in [0.717, 1.165) is 0 Å². The molecule has 7 heteroatoms. The first-order valence-electron chi connectivity index (χ1n) is 3.59. The number of nitrogens with one attached hydrogen (secondary N) is 1. The highest BCUT2D eigenvalue weighted by Crippen LogP contribution is 2.11. The van der Waals surface area contributed by atoms with Crippen molar-refractivity contribution in [2.75, 3.05) is 5.32 Å². The summed E-state index contributed by atoms with van der Waals surface area (Å²) in [5, 5.41) is 7.15. The van der Waals surface area contributed by atoms with Gasteiger partial charge in [0.25, 0.3) is 0 Å². The number of amides is 2. The van der Waals surface area contributed by atoms with Gasteiger partial charge in [0.05, 0.1) is 4.90 Å². The molecule has 0 aliphatic heterocycles. The molecule has 0 fully saturated rings. The lowest BCUT2D eigenvalue weighted by Crippen LogP contribution is -2.19. The summed E-state index contributed by atoms with van der Waals surface area (Å²) in [7, 11) is -3.69. The number of nitrogens with two attached hydrogens (primary N) is 2. The van der Waals surface area contributed by atoms with Crippen LogP contribution in [0, 0.1) is 0 Å². The monoisotopic (exact) mass is 215 g/mol. The highest BCUT2D eigenvalue weighted by atomic mass is 32.2. The van der Waals surface area contributed by atoms with Crippen molar-refractivity contribution >= 4 is 21.7 Å². The lowest BCUT2D eigenvalue weighted by Gasteiger charge is -2.02. The van der Waals surface area contributed by atoms with E-state index in [2.05, 4.69) is 5.32 Å². The van der Waals surface area contributed by atoms with E-state index >= 15 is 0 Å². The van der Waals surface area contributed by atoms with Crippen LogP contribution in [0.4, 0.5) is 10.5 Å². The first kappa shape index (κ1) is 10.5. The van der Waals surface area contributed by atoms with Gasteiger partial charge in [0.1, 0.15) is 0 Å². The number of primary amides is 1. The van der Waals surface area contributed by atoms with Gasteiger partial charge in [-0.1, -0.05) is 0 Å².